The summed E-state index contributed by atoms with van der Waals surface area (Å²) in [6.45, 7) is 3.07. The Balaban J connectivity index is 1.81. The van der Waals surface area contributed by atoms with E-state index in [0.717, 1.165) is 4.88 Å². The summed E-state index contributed by atoms with van der Waals surface area (Å²) in [6.07, 6.45) is 0.668. The third kappa shape index (κ3) is 3.06. The van der Waals surface area contributed by atoms with Crippen LogP contribution in [0.1, 0.15) is 21.8 Å². The van der Waals surface area contributed by atoms with Crippen LogP contribution in [0.15, 0.2) is 6.07 Å². The monoisotopic (exact) mass is 289 g/mol. The van der Waals surface area contributed by atoms with Gasteiger partial charge in [0.25, 0.3) is 5.91 Å². The van der Waals surface area contributed by atoms with Crippen molar-refractivity contribution in [3.05, 3.63) is 16.6 Å². The van der Waals surface area contributed by atoms with Crippen LogP contribution < -0.4 is 5.32 Å². The number of nitrogens with one attached hydrogen (secondary N) is 1. The summed E-state index contributed by atoms with van der Waals surface area (Å²) in [7, 11) is -3.08. The summed E-state index contributed by atoms with van der Waals surface area (Å²) in [5.41, 5.74) is 0.391. The molecule has 0 unspecified atom stereocenters. The normalized spacial score (nSPS) is 18.9. The summed E-state index contributed by atoms with van der Waals surface area (Å²) in [5, 5.41) is 2.68. The van der Waals surface area contributed by atoms with Crippen LogP contribution in [0.5, 0.6) is 0 Å². The van der Waals surface area contributed by atoms with Crippen molar-refractivity contribution in [1.29, 1.82) is 0 Å². The van der Waals surface area contributed by atoms with Crippen molar-refractivity contribution in [2.24, 2.45) is 0 Å². The highest BCUT2D eigenvalue weighted by Gasteiger charge is 2.27. The molecule has 1 saturated heterocycles. The van der Waals surface area contributed by atoms with Crippen LogP contribution >= 0.6 is 11.5 Å². The molecule has 1 N–H and O–H groups in total. The minimum absolute atomic E-state index is 0.215. The molecular weight excluding hydrogens is 274 g/mol. The fourth-order valence-electron chi connectivity index (χ4n) is 1.80. The number of hydrogen-bond donors (Lipinski definition) is 1. The van der Waals surface area contributed by atoms with E-state index < -0.39 is 10.0 Å². The molecule has 1 aromatic rings. The van der Waals surface area contributed by atoms with E-state index in [0.29, 0.717) is 31.7 Å². The third-order valence-corrected chi connectivity index (χ3v) is 5.36. The summed E-state index contributed by atoms with van der Waals surface area (Å²) < 4.78 is 28.4. The molecule has 8 heteroatoms. The zero-order valence-electron chi connectivity index (χ0n) is 10.0. The van der Waals surface area contributed by atoms with Crippen LogP contribution in [0.4, 0.5) is 0 Å². The van der Waals surface area contributed by atoms with Gasteiger partial charge in [-0.15, -0.1) is 0 Å². The molecule has 2 heterocycles. The van der Waals surface area contributed by atoms with Crippen molar-refractivity contribution in [2.45, 2.75) is 13.3 Å². The molecule has 0 radical (unpaired) electrons. The van der Waals surface area contributed by atoms with Crippen molar-refractivity contribution >= 4 is 27.5 Å². The first kappa shape index (κ1) is 13.4. The van der Waals surface area contributed by atoms with E-state index in [1.165, 1.54) is 15.8 Å². The molecular formula is C10H15N3O3S2. The molecule has 1 aliphatic heterocycles. The number of sulfonamides is 1. The van der Waals surface area contributed by atoms with E-state index in [1.807, 2.05) is 6.92 Å². The maximum Gasteiger partial charge on any atom is 0.271 e. The Morgan fingerprint density at radius 2 is 2.39 bits per heavy atom. The molecule has 2 rings (SSSR count). The van der Waals surface area contributed by atoms with E-state index in [4.69, 9.17) is 0 Å². The number of aromatic nitrogens is 1. The quantitative estimate of drug-likeness (QED) is 0.860. The highest BCUT2D eigenvalue weighted by atomic mass is 32.2. The predicted molar refractivity (Wildman–Crippen MR) is 69.2 cm³/mol. The number of hydrogen-bond acceptors (Lipinski definition) is 5. The van der Waals surface area contributed by atoms with Gasteiger partial charge in [-0.2, -0.15) is 4.37 Å². The molecule has 1 fully saturated rings. The van der Waals surface area contributed by atoms with E-state index >= 15 is 0 Å². The molecule has 0 saturated carbocycles. The van der Waals surface area contributed by atoms with Gasteiger partial charge in [-0.05, 0) is 30.9 Å². The SMILES string of the molecule is Cc1cc(C(=O)NCCN2CCCS2(=O)=O)ns1. The minimum atomic E-state index is -3.08. The van der Waals surface area contributed by atoms with Gasteiger partial charge >= 0.3 is 0 Å². The van der Waals surface area contributed by atoms with Crippen molar-refractivity contribution in [3.63, 3.8) is 0 Å². The predicted octanol–water partition coefficient (Wildman–Crippen LogP) is 0.217. The van der Waals surface area contributed by atoms with Gasteiger partial charge in [0.1, 0.15) is 5.69 Å². The first-order valence-corrected chi connectivity index (χ1v) is 8.06. The van der Waals surface area contributed by atoms with E-state index in [9.17, 15) is 13.2 Å². The van der Waals surface area contributed by atoms with E-state index in [2.05, 4.69) is 9.69 Å². The van der Waals surface area contributed by atoms with Crippen LogP contribution in [0.3, 0.4) is 0 Å². The molecule has 1 aromatic heterocycles. The number of aryl methyl sites for hydroxylation is 1. The summed E-state index contributed by atoms with van der Waals surface area (Å²) in [5.74, 6) is -0.0392. The van der Waals surface area contributed by atoms with Crippen molar-refractivity contribution < 1.29 is 13.2 Å². The Hall–Kier alpha value is -0.990. The van der Waals surface area contributed by atoms with Crippen LogP contribution in [0.2, 0.25) is 0 Å². The lowest BCUT2D eigenvalue weighted by atomic mass is 10.3. The summed E-state index contributed by atoms with van der Waals surface area (Å²) >= 11 is 1.27. The van der Waals surface area contributed by atoms with Gasteiger partial charge in [0, 0.05) is 24.5 Å². The largest absolute Gasteiger partial charge is 0.349 e. The second kappa shape index (κ2) is 5.33. The molecule has 1 amide bonds. The van der Waals surface area contributed by atoms with Gasteiger partial charge in [-0.25, -0.2) is 12.7 Å². The van der Waals surface area contributed by atoms with E-state index in [-0.39, 0.29) is 11.7 Å². The average molecular weight is 289 g/mol. The van der Waals surface area contributed by atoms with Crippen molar-refractivity contribution in [3.8, 4) is 0 Å². The Labute approximate surface area is 110 Å². The topological polar surface area (TPSA) is 79.4 Å². The van der Waals surface area contributed by atoms with Crippen molar-refractivity contribution in [2.75, 3.05) is 25.4 Å². The van der Waals surface area contributed by atoms with Crippen LogP contribution in [-0.4, -0.2) is 48.4 Å². The lowest BCUT2D eigenvalue weighted by molar-refractivity contribution is 0.0948. The molecule has 18 heavy (non-hydrogen) atoms. The number of carbonyl (C=O) groups excluding carboxylic acids is 1. The number of rotatable bonds is 4. The first-order chi connectivity index (χ1) is 8.49. The van der Waals surface area contributed by atoms with Crippen LogP contribution in [0, 0.1) is 6.92 Å². The molecule has 0 aromatic carbocycles. The van der Waals surface area contributed by atoms with Gasteiger partial charge in [-0.3, -0.25) is 4.79 Å². The summed E-state index contributed by atoms with van der Waals surface area (Å²) in [6, 6.07) is 1.71. The molecule has 0 aliphatic carbocycles. The molecule has 0 atom stereocenters. The zero-order chi connectivity index (χ0) is 13.2. The Morgan fingerprint density at radius 1 is 1.61 bits per heavy atom. The van der Waals surface area contributed by atoms with Crippen molar-refractivity contribution in [1.82, 2.24) is 14.0 Å². The lowest BCUT2D eigenvalue weighted by Gasteiger charge is -2.13. The highest BCUT2D eigenvalue weighted by molar-refractivity contribution is 7.89. The van der Waals surface area contributed by atoms with Gasteiger partial charge in [0.05, 0.1) is 5.75 Å². The number of carbonyl (C=O) groups is 1. The molecule has 100 valence electrons. The highest BCUT2D eigenvalue weighted by Crippen LogP contribution is 2.12. The smallest absolute Gasteiger partial charge is 0.271 e. The number of nitrogens with zero attached hydrogens (tertiary/aromatic N) is 2. The number of amides is 1. The molecule has 0 spiro atoms. The van der Waals surface area contributed by atoms with Gasteiger partial charge in [0.15, 0.2) is 0 Å². The average Bonchev–Trinajstić information content (AvgIpc) is 2.85. The lowest BCUT2D eigenvalue weighted by Crippen LogP contribution is -2.35. The van der Waals surface area contributed by atoms with Gasteiger partial charge < -0.3 is 5.32 Å². The standard InChI is InChI=1S/C10H15N3O3S2/c1-8-7-9(12-17-8)10(14)11-3-5-13-4-2-6-18(13,15)16/h7H,2-6H2,1H3,(H,11,14). The zero-order valence-corrected chi connectivity index (χ0v) is 11.7. The second-order valence-electron chi connectivity index (χ2n) is 4.15. The van der Waals surface area contributed by atoms with Gasteiger partial charge in [0.2, 0.25) is 10.0 Å². The fraction of sp³-hybridized carbons (Fsp3) is 0.600. The third-order valence-electron chi connectivity index (χ3n) is 2.71. The van der Waals surface area contributed by atoms with Crippen LogP contribution in [-0.2, 0) is 10.0 Å². The Kier molecular flexibility index (Phi) is 3.98. The minimum Gasteiger partial charge on any atom is -0.349 e. The Bertz CT molecular complexity index is 538. The van der Waals surface area contributed by atoms with Gasteiger partial charge in [-0.1, -0.05) is 0 Å². The molecule has 0 bridgehead atoms. The second-order valence-corrected chi connectivity index (χ2v) is 7.24. The summed E-state index contributed by atoms with van der Waals surface area (Å²) in [4.78, 5) is 12.6. The fourth-order valence-corrected chi connectivity index (χ4v) is 3.87. The van der Waals surface area contributed by atoms with Crippen LogP contribution in [0.25, 0.3) is 0 Å². The first-order valence-electron chi connectivity index (χ1n) is 5.68. The molecule has 6 nitrogen and oxygen atoms in total. The van der Waals surface area contributed by atoms with E-state index in [1.54, 1.807) is 6.07 Å². The maximum absolute atomic E-state index is 11.7. The Morgan fingerprint density at radius 3 is 2.94 bits per heavy atom. The molecule has 1 aliphatic rings. The maximum atomic E-state index is 11.7.